The molecule has 3 fully saturated rings. The van der Waals surface area contributed by atoms with Gasteiger partial charge < -0.3 is 15.3 Å². The molecule has 5 heteroatoms. The Morgan fingerprint density at radius 3 is 2.60 bits per heavy atom. The molecule has 1 saturated heterocycles. The van der Waals surface area contributed by atoms with E-state index in [1.54, 1.807) is 4.90 Å². The lowest BCUT2D eigenvalue weighted by Crippen LogP contribution is -2.46. The molecule has 3 aliphatic rings. The predicted octanol–water partition coefficient (Wildman–Crippen LogP) is 2.07. The molecule has 0 radical (unpaired) electrons. The maximum absolute atomic E-state index is 12.2. The number of nitrogens with one attached hydrogen (secondary N) is 1. The summed E-state index contributed by atoms with van der Waals surface area (Å²) in [6.07, 6.45) is 6.23. The van der Waals surface area contributed by atoms with Gasteiger partial charge >= 0.3 is 12.0 Å². The van der Waals surface area contributed by atoms with Gasteiger partial charge in [0, 0.05) is 19.6 Å². The van der Waals surface area contributed by atoms with Crippen molar-refractivity contribution in [1.82, 2.24) is 10.2 Å². The zero-order chi connectivity index (χ0) is 14.4. The van der Waals surface area contributed by atoms with Crippen LogP contribution in [0.3, 0.4) is 0 Å². The Balaban J connectivity index is 1.59. The molecule has 5 nitrogen and oxygen atoms in total. The fourth-order valence-corrected chi connectivity index (χ4v) is 4.15. The summed E-state index contributed by atoms with van der Waals surface area (Å²) in [7, 11) is 0. The van der Waals surface area contributed by atoms with Gasteiger partial charge in [0.05, 0.1) is 5.41 Å². The zero-order valence-electron chi connectivity index (χ0n) is 12.2. The Morgan fingerprint density at radius 1 is 1.30 bits per heavy atom. The lowest BCUT2D eigenvalue weighted by molar-refractivity contribution is -0.149. The van der Waals surface area contributed by atoms with Gasteiger partial charge in [-0.25, -0.2) is 4.79 Å². The summed E-state index contributed by atoms with van der Waals surface area (Å²) in [5.74, 6) is -0.578. The number of hydrogen-bond acceptors (Lipinski definition) is 2. The van der Waals surface area contributed by atoms with Crippen LogP contribution in [0.1, 0.15) is 45.4 Å². The predicted molar refractivity (Wildman–Crippen MR) is 74.3 cm³/mol. The first-order valence-electron chi connectivity index (χ1n) is 7.71. The van der Waals surface area contributed by atoms with Crippen molar-refractivity contribution >= 4 is 12.0 Å². The Bertz CT molecular complexity index is 433. The highest BCUT2D eigenvalue weighted by Crippen LogP contribution is 2.49. The monoisotopic (exact) mass is 280 g/mol. The molecule has 0 aromatic heterocycles. The van der Waals surface area contributed by atoms with Crippen molar-refractivity contribution in [2.24, 2.45) is 16.7 Å². The van der Waals surface area contributed by atoms with E-state index < -0.39 is 11.4 Å². The van der Waals surface area contributed by atoms with Gasteiger partial charge in [-0.3, -0.25) is 4.79 Å². The molecule has 2 aliphatic carbocycles. The van der Waals surface area contributed by atoms with Crippen LogP contribution in [0.2, 0.25) is 0 Å². The van der Waals surface area contributed by atoms with Crippen LogP contribution in [0, 0.1) is 16.7 Å². The van der Waals surface area contributed by atoms with Gasteiger partial charge in [-0.15, -0.1) is 0 Å². The minimum atomic E-state index is -0.721. The van der Waals surface area contributed by atoms with Crippen molar-refractivity contribution in [3.8, 4) is 0 Å². The lowest BCUT2D eigenvalue weighted by Gasteiger charge is -2.38. The molecule has 2 saturated carbocycles. The van der Waals surface area contributed by atoms with Crippen LogP contribution in [0.25, 0.3) is 0 Å². The minimum Gasteiger partial charge on any atom is -0.481 e. The molecule has 1 heterocycles. The number of rotatable bonds is 3. The Morgan fingerprint density at radius 2 is 2.05 bits per heavy atom. The molecule has 0 aromatic rings. The van der Waals surface area contributed by atoms with Gasteiger partial charge in [-0.1, -0.05) is 19.8 Å². The van der Waals surface area contributed by atoms with Crippen LogP contribution in [0.5, 0.6) is 0 Å². The molecule has 2 N–H and O–H groups in total. The highest BCUT2D eigenvalue weighted by Gasteiger charge is 2.55. The van der Waals surface area contributed by atoms with Crippen LogP contribution in [-0.2, 0) is 4.79 Å². The van der Waals surface area contributed by atoms with Gasteiger partial charge in [0.1, 0.15) is 0 Å². The Kier molecular flexibility index (Phi) is 3.18. The molecular formula is C15H24N2O3. The number of nitrogens with zero attached hydrogens (tertiary/aromatic N) is 1. The van der Waals surface area contributed by atoms with E-state index in [-0.39, 0.29) is 17.4 Å². The molecule has 1 aliphatic heterocycles. The first-order chi connectivity index (χ1) is 9.45. The van der Waals surface area contributed by atoms with Gasteiger partial charge in [0.2, 0.25) is 0 Å². The van der Waals surface area contributed by atoms with Crippen molar-refractivity contribution in [1.29, 1.82) is 0 Å². The second-order valence-corrected chi connectivity index (χ2v) is 7.25. The van der Waals surface area contributed by atoms with E-state index in [1.165, 1.54) is 19.3 Å². The third-order valence-electron chi connectivity index (χ3n) is 5.81. The number of carboxylic acid groups (broad SMARTS) is 1. The van der Waals surface area contributed by atoms with E-state index in [4.69, 9.17) is 0 Å². The topological polar surface area (TPSA) is 69.6 Å². The number of likely N-dealkylation sites (tertiary alicyclic amines) is 1. The van der Waals surface area contributed by atoms with E-state index in [9.17, 15) is 14.7 Å². The largest absolute Gasteiger partial charge is 0.481 e. The summed E-state index contributed by atoms with van der Waals surface area (Å²) in [6.45, 7) is 3.91. The van der Waals surface area contributed by atoms with Gasteiger partial charge in [-0.2, -0.15) is 0 Å². The summed E-state index contributed by atoms with van der Waals surface area (Å²) in [6, 6.07) is -0.0758. The molecule has 0 bridgehead atoms. The third-order valence-corrected chi connectivity index (χ3v) is 5.81. The average molecular weight is 280 g/mol. The number of carbonyl (C=O) groups is 2. The summed E-state index contributed by atoms with van der Waals surface area (Å²) in [5.41, 5.74) is -0.409. The molecular weight excluding hydrogens is 256 g/mol. The first-order valence-corrected chi connectivity index (χ1v) is 7.71. The van der Waals surface area contributed by atoms with Gasteiger partial charge in [-0.05, 0) is 37.0 Å². The maximum atomic E-state index is 12.2. The van der Waals surface area contributed by atoms with E-state index in [2.05, 4.69) is 12.2 Å². The van der Waals surface area contributed by atoms with Crippen molar-refractivity contribution < 1.29 is 14.7 Å². The molecule has 0 spiro atoms. The van der Waals surface area contributed by atoms with Crippen LogP contribution >= 0.6 is 0 Å². The number of amides is 2. The lowest BCUT2D eigenvalue weighted by atomic mass is 9.70. The Labute approximate surface area is 119 Å². The van der Waals surface area contributed by atoms with Crippen LogP contribution < -0.4 is 5.32 Å². The van der Waals surface area contributed by atoms with Crippen LogP contribution in [-0.4, -0.2) is 41.6 Å². The fourth-order valence-electron chi connectivity index (χ4n) is 4.15. The molecule has 20 heavy (non-hydrogen) atoms. The van der Waals surface area contributed by atoms with Gasteiger partial charge in [0.25, 0.3) is 0 Å². The molecule has 2 amide bonds. The van der Waals surface area contributed by atoms with E-state index in [0.29, 0.717) is 26.1 Å². The number of carbonyl (C=O) groups excluding carboxylic acids is 1. The second-order valence-electron chi connectivity index (χ2n) is 7.25. The third kappa shape index (κ3) is 2.07. The fraction of sp³-hybridized carbons (Fsp3) is 0.867. The number of urea groups is 1. The Hall–Kier alpha value is -1.26. The normalized spacial score (nSPS) is 34.5. The van der Waals surface area contributed by atoms with E-state index in [1.807, 2.05) is 0 Å². The van der Waals surface area contributed by atoms with Crippen molar-refractivity contribution in [2.45, 2.75) is 45.4 Å². The number of carboxylic acids is 1. The van der Waals surface area contributed by atoms with Gasteiger partial charge in [0.15, 0.2) is 0 Å². The highest BCUT2D eigenvalue weighted by molar-refractivity contribution is 5.80. The molecule has 3 rings (SSSR count). The quantitative estimate of drug-likeness (QED) is 0.831. The van der Waals surface area contributed by atoms with Crippen LogP contribution in [0.4, 0.5) is 4.79 Å². The minimum absolute atomic E-state index is 0.0758. The summed E-state index contributed by atoms with van der Waals surface area (Å²) in [5, 5.41) is 12.5. The highest BCUT2D eigenvalue weighted by atomic mass is 16.4. The standard InChI is InChI=1S/C15H24N2O3/c1-14(5-3-6-14)9-16-13(20)17-8-11-4-2-7-15(11,10-17)12(18)19/h11H,2-10H2,1H3,(H,16,20)(H,18,19)/t11-,15+/m0/s1. The van der Waals surface area contributed by atoms with Crippen molar-refractivity contribution in [2.75, 3.05) is 19.6 Å². The van der Waals surface area contributed by atoms with Crippen molar-refractivity contribution in [3.05, 3.63) is 0 Å². The molecule has 0 aromatic carbocycles. The van der Waals surface area contributed by atoms with E-state index in [0.717, 1.165) is 12.8 Å². The first kappa shape index (κ1) is 13.7. The second kappa shape index (κ2) is 4.64. The summed E-state index contributed by atoms with van der Waals surface area (Å²) >= 11 is 0. The zero-order valence-corrected chi connectivity index (χ0v) is 12.2. The molecule has 112 valence electrons. The molecule has 0 unspecified atom stereocenters. The summed E-state index contributed by atoms with van der Waals surface area (Å²) in [4.78, 5) is 25.6. The number of aliphatic carboxylic acids is 1. The van der Waals surface area contributed by atoms with Crippen molar-refractivity contribution in [3.63, 3.8) is 0 Å². The number of hydrogen-bond donors (Lipinski definition) is 2. The number of fused-ring (bicyclic) bond motifs is 1. The maximum Gasteiger partial charge on any atom is 0.317 e. The smallest absolute Gasteiger partial charge is 0.317 e. The molecule has 2 atom stereocenters. The SMILES string of the molecule is CC1(CNC(=O)N2C[C@@H]3CCC[C@@]3(C(=O)O)C2)CCC1. The summed E-state index contributed by atoms with van der Waals surface area (Å²) < 4.78 is 0. The average Bonchev–Trinajstić information content (AvgIpc) is 2.90. The van der Waals surface area contributed by atoms with E-state index >= 15 is 0 Å². The van der Waals surface area contributed by atoms with Crippen LogP contribution in [0.15, 0.2) is 0 Å².